The van der Waals surface area contributed by atoms with Crippen LogP contribution in [0.4, 0.5) is 0 Å². The molecule has 0 amide bonds. The van der Waals surface area contributed by atoms with Crippen molar-refractivity contribution in [1.29, 1.82) is 0 Å². The van der Waals surface area contributed by atoms with Gasteiger partial charge in [-0.15, -0.1) is 0 Å². The smallest absolute Gasteiger partial charge is 0.0578 e. The summed E-state index contributed by atoms with van der Waals surface area (Å²) in [5, 5.41) is 3.19. The Bertz CT molecular complexity index is 109. The summed E-state index contributed by atoms with van der Waals surface area (Å²) in [6.07, 6.45) is 5.60. The summed E-state index contributed by atoms with van der Waals surface area (Å²) in [5.74, 6) is 0.573. The molecule has 0 radical (unpaired) electrons. The topological polar surface area (TPSA) is 38.0 Å². The van der Waals surface area contributed by atoms with Gasteiger partial charge in [-0.3, -0.25) is 5.32 Å². The molecule has 0 fully saturated rings. The van der Waals surface area contributed by atoms with Crippen LogP contribution in [0.1, 0.15) is 13.3 Å². The van der Waals surface area contributed by atoms with Gasteiger partial charge in [0.05, 0.1) is 6.17 Å². The van der Waals surface area contributed by atoms with Crippen LogP contribution in [0.5, 0.6) is 0 Å². The highest BCUT2D eigenvalue weighted by Gasteiger charge is 2.10. The van der Waals surface area contributed by atoms with Crippen molar-refractivity contribution >= 4 is 0 Å². The largest absolute Gasteiger partial charge is 0.316 e. The van der Waals surface area contributed by atoms with Gasteiger partial charge in [-0.1, -0.05) is 19.1 Å². The summed E-state index contributed by atoms with van der Waals surface area (Å²) in [5.41, 5.74) is 5.73. The van der Waals surface area contributed by atoms with Crippen LogP contribution in [0, 0.1) is 5.92 Å². The third-order valence-electron chi connectivity index (χ3n) is 1.76. The fourth-order valence-electron chi connectivity index (χ4n) is 0.946. The Balaban J connectivity index is 2.42. The number of nitrogens with one attached hydrogen (secondary N) is 1. The molecule has 3 N–H and O–H groups in total. The van der Waals surface area contributed by atoms with E-state index in [-0.39, 0.29) is 6.17 Å². The molecule has 1 heterocycles. The van der Waals surface area contributed by atoms with E-state index in [1.165, 1.54) is 0 Å². The molecule has 2 nitrogen and oxygen atoms in total. The van der Waals surface area contributed by atoms with Gasteiger partial charge in [-0.05, 0) is 12.3 Å². The van der Waals surface area contributed by atoms with Gasteiger partial charge in [0.1, 0.15) is 0 Å². The summed E-state index contributed by atoms with van der Waals surface area (Å²) in [6.45, 7) is 3.08. The van der Waals surface area contributed by atoms with Crippen LogP contribution >= 0.6 is 0 Å². The molecule has 0 aromatic rings. The average Bonchev–Trinajstić information content (AvgIpc) is 1.99. The highest BCUT2D eigenvalue weighted by molar-refractivity contribution is 4.91. The molecule has 2 atom stereocenters. The first-order valence-electron chi connectivity index (χ1n) is 3.44. The van der Waals surface area contributed by atoms with E-state index in [0.717, 1.165) is 13.0 Å². The van der Waals surface area contributed by atoms with E-state index in [1.807, 2.05) is 0 Å². The zero-order chi connectivity index (χ0) is 6.69. The van der Waals surface area contributed by atoms with Gasteiger partial charge in [-0.2, -0.15) is 0 Å². The predicted octanol–water partition coefficient (Wildman–Crippen LogP) is 0.457. The summed E-state index contributed by atoms with van der Waals surface area (Å²) >= 11 is 0. The van der Waals surface area contributed by atoms with Crippen LogP contribution < -0.4 is 11.1 Å². The standard InChI is InChI=1S/C7H14N2/c1-6-4-2-3-5-9-7(6)8/h2-3,6-7,9H,4-5,8H2,1H3. The van der Waals surface area contributed by atoms with Crippen molar-refractivity contribution in [3.05, 3.63) is 12.2 Å². The van der Waals surface area contributed by atoms with E-state index < -0.39 is 0 Å². The van der Waals surface area contributed by atoms with Crippen molar-refractivity contribution in [3.63, 3.8) is 0 Å². The second-order valence-corrected chi connectivity index (χ2v) is 2.62. The zero-order valence-electron chi connectivity index (χ0n) is 5.80. The van der Waals surface area contributed by atoms with Crippen molar-refractivity contribution in [1.82, 2.24) is 5.32 Å². The highest BCUT2D eigenvalue weighted by atomic mass is 15.0. The fourth-order valence-corrected chi connectivity index (χ4v) is 0.946. The maximum absolute atomic E-state index is 5.73. The summed E-state index contributed by atoms with van der Waals surface area (Å²) in [7, 11) is 0. The Hall–Kier alpha value is -0.340. The molecule has 1 aliphatic rings. The molecule has 0 saturated carbocycles. The van der Waals surface area contributed by atoms with Gasteiger partial charge in [-0.25, -0.2) is 0 Å². The van der Waals surface area contributed by atoms with Gasteiger partial charge in [0.25, 0.3) is 0 Å². The molecule has 0 spiro atoms. The summed E-state index contributed by atoms with van der Waals surface area (Å²) in [6, 6.07) is 0. The lowest BCUT2D eigenvalue weighted by atomic mass is 10.1. The molecule has 2 unspecified atom stereocenters. The van der Waals surface area contributed by atoms with Crippen molar-refractivity contribution in [3.8, 4) is 0 Å². The fraction of sp³-hybridized carbons (Fsp3) is 0.714. The highest BCUT2D eigenvalue weighted by Crippen LogP contribution is 2.06. The van der Waals surface area contributed by atoms with E-state index in [2.05, 4.69) is 24.4 Å². The Kier molecular flexibility index (Phi) is 2.25. The number of rotatable bonds is 0. The molecule has 1 rings (SSSR count). The number of hydrogen-bond donors (Lipinski definition) is 2. The first-order chi connectivity index (χ1) is 4.30. The number of allylic oxidation sites excluding steroid dienone is 1. The van der Waals surface area contributed by atoms with E-state index in [9.17, 15) is 0 Å². The van der Waals surface area contributed by atoms with Crippen molar-refractivity contribution in [2.45, 2.75) is 19.5 Å². The molecule has 0 saturated heterocycles. The third-order valence-corrected chi connectivity index (χ3v) is 1.76. The first-order valence-corrected chi connectivity index (χ1v) is 3.44. The second-order valence-electron chi connectivity index (χ2n) is 2.62. The van der Waals surface area contributed by atoms with Crippen molar-refractivity contribution in [2.75, 3.05) is 6.54 Å². The van der Waals surface area contributed by atoms with E-state index in [1.54, 1.807) is 0 Å². The minimum atomic E-state index is 0.181. The maximum atomic E-state index is 5.73. The molecule has 1 aliphatic heterocycles. The molecule has 52 valence electrons. The van der Waals surface area contributed by atoms with Gasteiger partial charge in [0.15, 0.2) is 0 Å². The molecule has 9 heavy (non-hydrogen) atoms. The predicted molar refractivity (Wildman–Crippen MR) is 38.9 cm³/mol. The Morgan fingerprint density at radius 3 is 3.11 bits per heavy atom. The van der Waals surface area contributed by atoms with E-state index >= 15 is 0 Å². The van der Waals surface area contributed by atoms with Gasteiger partial charge < -0.3 is 5.73 Å². The normalized spacial score (nSPS) is 36.2. The lowest BCUT2D eigenvalue weighted by Gasteiger charge is -2.16. The first kappa shape index (κ1) is 6.78. The van der Waals surface area contributed by atoms with Gasteiger partial charge in [0, 0.05) is 6.54 Å². The quantitative estimate of drug-likeness (QED) is 0.463. The van der Waals surface area contributed by atoms with Gasteiger partial charge >= 0.3 is 0 Å². The summed E-state index contributed by atoms with van der Waals surface area (Å²) in [4.78, 5) is 0. The second kappa shape index (κ2) is 2.99. The lowest BCUT2D eigenvalue weighted by Crippen LogP contribution is -2.41. The molecule has 2 heteroatoms. The van der Waals surface area contributed by atoms with Crippen LogP contribution in [0.15, 0.2) is 12.2 Å². The van der Waals surface area contributed by atoms with Crippen LogP contribution in [0.2, 0.25) is 0 Å². The van der Waals surface area contributed by atoms with E-state index in [0.29, 0.717) is 5.92 Å². The number of nitrogens with two attached hydrogens (primary N) is 1. The van der Waals surface area contributed by atoms with E-state index in [4.69, 9.17) is 5.73 Å². The minimum absolute atomic E-state index is 0.181. The third kappa shape index (κ3) is 1.80. The maximum Gasteiger partial charge on any atom is 0.0578 e. The van der Waals surface area contributed by atoms with Crippen LogP contribution in [-0.4, -0.2) is 12.7 Å². The molecule has 0 aliphatic carbocycles. The Morgan fingerprint density at radius 2 is 2.33 bits per heavy atom. The van der Waals surface area contributed by atoms with Crippen LogP contribution in [0.25, 0.3) is 0 Å². The number of hydrogen-bond acceptors (Lipinski definition) is 2. The zero-order valence-corrected chi connectivity index (χ0v) is 5.80. The molecule has 0 bridgehead atoms. The molecular weight excluding hydrogens is 112 g/mol. The summed E-state index contributed by atoms with van der Waals surface area (Å²) < 4.78 is 0. The van der Waals surface area contributed by atoms with Gasteiger partial charge in [0.2, 0.25) is 0 Å². The average molecular weight is 126 g/mol. The molecular formula is C7H14N2. The minimum Gasteiger partial charge on any atom is -0.316 e. The SMILES string of the molecule is CC1CC=CCNC1N. The van der Waals surface area contributed by atoms with Crippen molar-refractivity contribution < 1.29 is 0 Å². The van der Waals surface area contributed by atoms with Crippen LogP contribution in [0.3, 0.4) is 0 Å². The van der Waals surface area contributed by atoms with Crippen molar-refractivity contribution in [2.24, 2.45) is 11.7 Å². The Morgan fingerprint density at radius 1 is 1.56 bits per heavy atom. The van der Waals surface area contributed by atoms with Crippen LogP contribution in [-0.2, 0) is 0 Å². The molecule has 0 aromatic heterocycles. The monoisotopic (exact) mass is 126 g/mol. The lowest BCUT2D eigenvalue weighted by molar-refractivity contribution is 0.410. The molecule has 0 aromatic carbocycles. The Labute approximate surface area is 56.1 Å².